The second kappa shape index (κ2) is 4.53. The number of benzene rings is 1. The molecule has 0 aliphatic carbocycles. The smallest absolute Gasteiger partial charge is 0.254 e. The molecular weight excluding hydrogens is 273 g/mol. The van der Waals surface area contributed by atoms with Crippen molar-refractivity contribution in [3.8, 4) is 0 Å². The molecule has 1 unspecified atom stereocenters. The SMILES string of the molecule is CC1CCCN1C(=O)c1ccc(Br)c(F)c1. The van der Waals surface area contributed by atoms with Crippen molar-refractivity contribution in [2.75, 3.05) is 6.54 Å². The third kappa shape index (κ3) is 2.12. The number of likely N-dealkylation sites (tertiary alicyclic amines) is 1. The molecule has 0 spiro atoms. The van der Waals surface area contributed by atoms with Crippen molar-refractivity contribution in [1.82, 2.24) is 4.90 Å². The van der Waals surface area contributed by atoms with Crippen LogP contribution in [-0.2, 0) is 0 Å². The van der Waals surface area contributed by atoms with Crippen LogP contribution in [0.1, 0.15) is 30.1 Å². The zero-order chi connectivity index (χ0) is 11.7. The summed E-state index contributed by atoms with van der Waals surface area (Å²) in [6.07, 6.45) is 2.07. The Labute approximate surface area is 103 Å². The lowest BCUT2D eigenvalue weighted by molar-refractivity contribution is 0.0747. The average Bonchev–Trinajstić information content (AvgIpc) is 2.67. The van der Waals surface area contributed by atoms with Crippen LogP contribution < -0.4 is 0 Å². The zero-order valence-corrected chi connectivity index (χ0v) is 10.6. The van der Waals surface area contributed by atoms with Gasteiger partial charge in [0.05, 0.1) is 4.47 Å². The first-order valence-corrected chi connectivity index (χ1v) is 6.15. The van der Waals surface area contributed by atoms with Crippen LogP contribution in [0.4, 0.5) is 4.39 Å². The maximum Gasteiger partial charge on any atom is 0.254 e. The Kier molecular flexibility index (Phi) is 3.28. The van der Waals surface area contributed by atoms with E-state index in [-0.39, 0.29) is 11.9 Å². The molecule has 1 heterocycles. The number of hydrogen-bond donors (Lipinski definition) is 0. The lowest BCUT2D eigenvalue weighted by atomic mass is 10.2. The maximum atomic E-state index is 13.3. The fraction of sp³-hybridized carbons (Fsp3) is 0.417. The second-order valence-corrected chi connectivity index (χ2v) is 4.97. The maximum absolute atomic E-state index is 13.3. The van der Waals surface area contributed by atoms with Gasteiger partial charge in [-0.15, -0.1) is 0 Å². The topological polar surface area (TPSA) is 20.3 Å². The molecule has 1 aliphatic heterocycles. The van der Waals surface area contributed by atoms with E-state index < -0.39 is 5.82 Å². The highest BCUT2D eigenvalue weighted by Gasteiger charge is 2.26. The third-order valence-corrected chi connectivity index (χ3v) is 3.62. The van der Waals surface area contributed by atoms with Crippen molar-refractivity contribution in [3.05, 3.63) is 34.1 Å². The molecule has 1 saturated heterocycles. The lowest BCUT2D eigenvalue weighted by Gasteiger charge is -2.21. The van der Waals surface area contributed by atoms with E-state index in [1.54, 1.807) is 12.1 Å². The Morgan fingerprint density at radius 2 is 2.31 bits per heavy atom. The van der Waals surface area contributed by atoms with Crippen LogP contribution in [0.3, 0.4) is 0 Å². The predicted molar refractivity (Wildman–Crippen MR) is 63.8 cm³/mol. The molecule has 1 amide bonds. The number of rotatable bonds is 1. The van der Waals surface area contributed by atoms with Crippen molar-refractivity contribution >= 4 is 21.8 Å². The third-order valence-electron chi connectivity index (χ3n) is 2.98. The Balaban J connectivity index is 2.23. The van der Waals surface area contributed by atoms with E-state index >= 15 is 0 Å². The van der Waals surface area contributed by atoms with Crippen LogP contribution >= 0.6 is 15.9 Å². The standard InChI is InChI=1S/C12H13BrFNO/c1-8-3-2-6-15(8)12(16)9-4-5-10(13)11(14)7-9/h4-5,7-8H,2-3,6H2,1H3. The molecule has 0 N–H and O–H groups in total. The summed E-state index contributed by atoms with van der Waals surface area (Å²) in [6.45, 7) is 2.80. The first-order valence-electron chi connectivity index (χ1n) is 5.35. The first kappa shape index (κ1) is 11.6. The van der Waals surface area contributed by atoms with E-state index in [0.717, 1.165) is 19.4 Å². The molecule has 0 radical (unpaired) electrons. The summed E-state index contributed by atoms with van der Waals surface area (Å²) in [5.74, 6) is -0.464. The predicted octanol–water partition coefficient (Wildman–Crippen LogP) is 3.21. The number of hydrogen-bond acceptors (Lipinski definition) is 1. The highest BCUT2D eigenvalue weighted by molar-refractivity contribution is 9.10. The molecule has 2 rings (SSSR count). The quantitative estimate of drug-likeness (QED) is 0.776. The van der Waals surface area contributed by atoms with E-state index in [0.29, 0.717) is 10.0 Å². The second-order valence-electron chi connectivity index (χ2n) is 4.12. The fourth-order valence-electron chi connectivity index (χ4n) is 2.03. The normalized spacial score (nSPS) is 20.2. The number of carbonyl (C=O) groups excluding carboxylic acids is 1. The van der Waals surface area contributed by atoms with Crippen molar-refractivity contribution in [3.63, 3.8) is 0 Å². The molecule has 1 aliphatic rings. The molecule has 86 valence electrons. The van der Waals surface area contributed by atoms with Crippen LogP contribution in [0, 0.1) is 5.82 Å². The summed E-state index contributed by atoms with van der Waals surface area (Å²) in [5.41, 5.74) is 0.425. The number of nitrogens with zero attached hydrogens (tertiary/aromatic N) is 1. The Hall–Kier alpha value is -0.900. The van der Waals surface area contributed by atoms with Gasteiger partial charge in [0.25, 0.3) is 5.91 Å². The Morgan fingerprint density at radius 1 is 1.56 bits per heavy atom. The minimum absolute atomic E-state index is 0.0728. The van der Waals surface area contributed by atoms with Gasteiger partial charge in [0, 0.05) is 18.2 Å². The van der Waals surface area contributed by atoms with Gasteiger partial charge in [-0.05, 0) is 53.9 Å². The minimum atomic E-state index is -0.391. The molecule has 1 fully saturated rings. The molecule has 0 aromatic heterocycles. The molecule has 1 atom stereocenters. The molecule has 0 bridgehead atoms. The van der Waals surface area contributed by atoms with Crippen LogP contribution in [0.15, 0.2) is 22.7 Å². The summed E-state index contributed by atoms with van der Waals surface area (Å²) >= 11 is 3.07. The van der Waals surface area contributed by atoms with E-state index in [1.165, 1.54) is 6.07 Å². The summed E-state index contributed by atoms with van der Waals surface area (Å²) in [6, 6.07) is 4.78. The largest absolute Gasteiger partial charge is 0.336 e. The lowest BCUT2D eigenvalue weighted by Crippen LogP contribution is -2.33. The van der Waals surface area contributed by atoms with Gasteiger partial charge in [-0.3, -0.25) is 4.79 Å². The minimum Gasteiger partial charge on any atom is -0.336 e. The molecule has 0 saturated carbocycles. The van der Waals surface area contributed by atoms with Gasteiger partial charge in [-0.25, -0.2) is 4.39 Å². The van der Waals surface area contributed by atoms with Gasteiger partial charge in [0.1, 0.15) is 5.82 Å². The molecule has 4 heteroatoms. The zero-order valence-electron chi connectivity index (χ0n) is 9.04. The monoisotopic (exact) mass is 285 g/mol. The molecule has 2 nitrogen and oxygen atoms in total. The van der Waals surface area contributed by atoms with Crippen LogP contribution in [0.2, 0.25) is 0 Å². The van der Waals surface area contributed by atoms with E-state index in [9.17, 15) is 9.18 Å². The number of halogens is 2. The van der Waals surface area contributed by atoms with Gasteiger partial charge in [0.2, 0.25) is 0 Å². The summed E-state index contributed by atoms with van der Waals surface area (Å²) < 4.78 is 13.7. The van der Waals surface area contributed by atoms with E-state index in [1.807, 2.05) is 11.8 Å². The molecule has 1 aromatic rings. The van der Waals surface area contributed by atoms with Crippen molar-refractivity contribution < 1.29 is 9.18 Å². The van der Waals surface area contributed by atoms with E-state index in [2.05, 4.69) is 15.9 Å². The van der Waals surface area contributed by atoms with Gasteiger partial charge < -0.3 is 4.90 Å². The highest BCUT2D eigenvalue weighted by atomic mass is 79.9. The number of amides is 1. The van der Waals surface area contributed by atoms with Crippen LogP contribution in [-0.4, -0.2) is 23.4 Å². The van der Waals surface area contributed by atoms with Gasteiger partial charge >= 0.3 is 0 Å². The number of carbonyl (C=O) groups is 1. The molecule has 1 aromatic carbocycles. The van der Waals surface area contributed by atoms with E-state index in [4.69, 9.17) is 0 Å². The van der Waals surface area contributed by atoms with Gasteiger partial charge in [-0.2, -0.15) is 0 Å². The first-order chi connectivity index (χ1) is 7.59. The summed E-state index contributed by atoms with van der Waals surface area (Å²) in [7, 11) is 0. The van der Waals surface area contributed by atoms with Crippen molar-refractivity contribution in [2.24, 2.45) is 0 Å². The van der Waals surface area contributed by atoms with Crippen LogP contribution in [0.25, 0.3) is 0 Å². The van der Waals surface area contributed by atoms with Gasteiger partial charge in [0.15, 0.2) is 0 Å². The Bertz CT molecular complexity index is 421. The van der Waals surface area contributed by atoms with Crippen molar-refractivity contribution in [2.45, 2.75) is 25.8 Å². The fourth-order valence-corrected chi connectivity index (χ4v) is 2.28. The average molecular weight is 286 g/mol. The molecule has 16 heavy (non-hydrogen) atoms. The Morgan fingerprint density at radius 3 is 2.88 bits per heavy atom. The van der Waals surface area contributed by atoms with Crippen LogP contribution in [0.5, 0.6) is 0 Å². The van der Waals surface area contributed by atoms with Gasteiger partial charge in [-0.1, -0.05) is 0 Å². The molecular formula is C12H13BrFNO. The summed E-state index contributed by atoms with van der Waals surface area (Å²) in [4.78, 5) is 13.9. The summed E-state index contributed by atoms with van der Waals surface area (Å²) in [5, 5.41) is 0. The highest BCUT2D eigenvalue weighted by Crippen LogP contribution is 2.22. The van der Waals surface area contributed by atoms with Crippen molar-refractivity contribution in [1.29, 1.82) is 0 Å².